The summed E-state index contributed by atoms with van der Waals surface area (Å²) in [5.74, 6) is -0.858. The molecule has 7 heteroatoms. The van der Waals surface area contributed by atoms with Crippen molar-refractivity contribution >= 4 is 41.2 Å². The van der Waals surface area contributed by atoms with Crippen molar-refractivity contribution in [3.05, 3.63) is 52.3 Å². The van der Waals surface area contributed by atoms with Gasteiger partial charge >= 0.3 is 5.97 Å². The first-order valence-electron chi connectivity index (χ1n) is 7.13. The van der Waals surface area contributed by atoms with Crippen molar-refractivity contribution in [2.75, 3.05) is 12.9 Å². The van der Waals surface area contributed by atoms with E-state index >= 15 is 0 Å². The molecule has 0 amide bonds. The number of thioether (sulfide) groups is 1. The highest BCUT2D eigenvalue weighted by Crippen LogP contribution is 2.20. The summed E-state index contributed by atoms with van der Waals surface area (Å²) in [6, 6.07) is 7.15. The van der Waals surface area contributed by atoms with Crippen LogP contribution in [0.25, 0.3) is 6.08 Å². The van der Waals surface area contributed by atoms with E-state index in [0.717, 1.165) is 4.90 Å². The summed E-state index contributed by atoms with van der Waals surface area (Å²) in [7, 11) is 1.71. The number of carbonyl (C=O) groups is 2. The first-order chi connectivity index (χ1) is 11.4. The third kappa shape index (κ3) is 4.49. The number of rotatable bonds is 6. The van der Waals surface area contributed by atoms with E-state index in [2.05, 4.69) is 5.10 Å². The normalized spacial score (nSPS) is 11.0. The first kappa shape index (κ1) is 18.3. The second-order valence-corrected chi connectivity index (χ2v) is 6.24. The Labute approximate surface area is 149 Å². The fraction of sp³-hybridized carbons (Fsp3) is 0.235. The molecule has 0 fully saturated rings. The van der Waals surface area contributed by atoms with Crippen LogP contribution in [0.4, 0.5) is 0 Å². The number of carbonyl (C=O) groups excluding carboxylic acids is 2. The van der Waals surface area contributed by atoms with Gasteiger partial charge in [-0.15, -0.1) is 11.8 Å². The summed E-state index contributed by atoms with van der Waals surface area (Å²) < 4.78 is 6.49. The Bertz CT molecular complexity index is 782. The van der Waals surface area contributed by atoms with Crippen LogP contribution in [0.15, 0.2) is 35.2 Å². The van der Waals surface area contributed by atoms with Crippen LogP contribution in [0, 0.1) is 6.92 Å². The molecule has 1 heterocycles. The van der Waals surface area contributed by atoms with Gasteiger partial charge in [0.2, 0.25) is 0 Å². The summed E-state index contributed by atoms with van der Waals surface area (Å²) in [6.45, 7) is 1.49. The van der Waals surface area contributed by atoms with E-state index in [0.29, 0.717) is 22.0 Å². The molecule has 1 aromatic carbocycles. The van der Waals surface area contributed by atoms with Crippen LogP contribution in [0.3, 0.4) is 0 Å². The number of aryl methyl sites for hydroxylation is 2. The molecule has 2 rings (SSSR count). The quantitative estimate of drug-likeness (QED) is 0.339. The molecule has 0 radical (unpaired) electrons. The van der Waals surface area contributed by atoms with E-state index in [1.54, 1.807) is 37.9 Å². The van der Waals surface area contributed by atoms with Crippen LogP contribution in [0.5, 0.6) is 0 Å². The van der Waals surface area contributed by atoms with Crippen LogP contribution in [0.2, 0.25) is 5.15 Å². The van der Waals surface area contributed by atoms with E-state index in [9.17, 15) is 9.59 Å². The van der Waals surface area contributed by atoms with Gasteiger partial charge in [-0.2, -0.15) is 5.10 Å². The Kier molecular flexibility index (Phi) is 6.23. The number of Topliss-reactive ketones (excluding diaryl/α,β-unsaturated/α-hetero) is 1. The number of ether oxygens (including phenoxy) is 1. The molecule has 1 aromatic heterocycles. The first-order valence-corrected chi connectivity index (χ1v) is 8.74. The monoisotopic (exact) mass is 364 g/mol. The predicted molar refractivity (Wildman–Crippen MR) is 95.5 cm³/mol. The average molecular weight is 365 g/mol. The number of ketones is 1. The summed E-state index contributed by atoms with van der Waals surface area (Å²) >= 11 is 7.66. The van der Waals surface area contributed by atoms with Crippen molar-refractivity contribution in [3.8, 4) is 0 Å². The summed E-state index contributed by atoms with van der Waals surface area (Å²) in [5, 5.41) is 4.57. The highest BCUT2D eigenvalue weighted by Gasteiger charge is 2.10. The lowest BCUT2D eigenvalue weighted by molar-refractivity contribution is -0.136. The molecular formula is C17H17ClN2O3S. The van der Waals surface area contributed by atoms with E-state index in [1.165, 1.54) is 16.8 Å². The maximum Gasteiger partial charge on any atom is 0.331 e. The lowest BCUT2D eigenvalue weighted by Crippen LogP contribution is -2.12. The molecule has 0 aliphatic carbocycles. The number of hydrogen-bond donors (Lipinski definition) is 0. The Morgan fingerprint density at radius 1 is 1.33 bits per heavy atom. The molecule has 0 aliphatic heterocycles. The van der Waals surface area contributed by atoms with E-state index in [-0.39, 0.29) is 12.4 Å². The lowest BCUT2D eigenvalue weighted by atomic mass is 10.1. The summed E-state index contributed by atoms with van der Waals surface area (Å²) in [4.78, 5) is 24.8. The van der Waals surface area contributed by atoms with Crippen molar-refractivity contribution < 1.29 is 14.3 Å². The van der Waals surface area contributed by atoms with Gasteiger partial charge in [-0.3, -0.25) is 9.48 Å². The fourth-order valence-corrected chi connectivity index (χ4v) is 2.68. The van der Waals surface area contributed by atoms with E-state index < -0.39 is 5.97 Å². The van der Waals surface area contributed by atoms with Crippen molar-refractivity contribution in [3.63, 3.8) is 0 Å². The molecule has 0 spiro atoms. The molecular weight excluding hydrogens is 348 g/mol. The lowest BCUT2D eigenvalue weighted by Gasteiger charge is -2.03. The highest BCUT2D eigenvalue weighted by atomic mass is 35.5. The molecule has 126 valence electrons. The zero-order valence-corrected chi connectivity index (χ0v) is 15.1. The van der Waals surface area contributed by atoms with Gasteiger partial charge in [0.25, 0.3) is 0 Å². The number of hydrogen-bond acceptors (Lipinski definition) is 5. The second kappa shape index (κ2) is 8.17. The number of aromatic nitrogens is 2. The van der Waals surface area contributed by atoms with Gasteiger partial charge in [0.05, 0.1) is 5.69 Å². The molecule has 2 aromatic rings. The van der Waals surface area contributed by atoms with Gasteiger partial charge in [-0.1, -0.05) is 23.7 Å². The molecule has 24 heavy (non-hydrogen) atoms. The van der Waals surface area contributed by atoms with Crippen LogP contribution in [0.1, 0.15) is 21.6 Å². The number of benzene rings is 1. The van der Waals surface area contributed by atoms with Crippen molar-refractivity contribution in [1.82, 2.24) is 9.78 Å². The van der Waals surface area contributed by atoms with Gasteiger partial charge < -0.3 is 4.74 Å². The fourth-order valence-electron chi connectivity index (χ4n) is 2.03. The zero-order valence-electron chi connectivity index (χ0n) is 13.6. The minimum absolute atomic E-state index is 0.250. The minimum atomic E-state index is -0.608. The Hall–Kier alpha value is -2.05. The van der Waals surface area contributed by atoms with Crippen LogP contribution in [-0.4, -0.2) is 34.4 Å². The smallest absolute Gasteiger partial charge is 0.331 e. The number of esters is 1. The molecule has 0 N–H and O–H groups in total. The Balaban J connectivity index is 1.92. The van der Waals surface area contributed by atoms with Crippen molar-refractivity contribution in [2.24, 2.45) is 7.05 Å². The average Bonchev–Trinajstić information content (AvgIpc) is 2.83. The molecule has 0 atom stereocenters. The van der Waals surface area contributed by atoms with Gasteiger partial charge in [0.15, 0.2) is 12.4 Å². The largest absolute Gasteiger partial charge is 0.454 e. The maximum atomic E-state index is 12.0. The van der Waals surface area contributed by atoms with Gasteiger partial charge in [-0.25, -0.2) is 4.79 Å². The molecule has 0 aliphatic rings. The summed E-state index contributed by atoms with van der Waals surface area (Å²) in [6.07, 6.45) is 4.73. The molecule has 0 bridgehead atoms. The standard InChI is InChI=1S/C17H17ClN2O3S/c1-11-14(17(18)20(2)19-11)8-9-16(22)23-10-15(21)12-4-6-13(24-3)7-5-12/h4-9H,10H2,1-3H3/b9-8+. The topological polar surface area (TPSA) is 61.2 Å². The second-order valence-electron chi connectivity index (χ2n) is 5.01. The summed E-state index contributed by atoms with van der Waals surface area (Å²) in [5.41, 5.74) is 1.86. The Morgan fingerprint density at radius 3 is 2.54 bits per heavy atom. The molecule has 0 saturated carbocycles. The molecule has 0 saturated heterocycles. The van der Waals surface area contributed by atoms with Gasteiger partial charge in [0.1, 0.15) is 5.15 Å². The maximum absolute atomic E-state index is 12.0. The van der Waals surface area contributed by atoms with Crippen molar-refractivity contribution in [1.29, 1.82) is 0 Å². The minimum Gasteiger partial charge on any atom is -0.454 e. The third-order valence-corrected chi connectivity index (χ3v) is 4.53. The number of nitrogens with zero attached hydrogens (tertiary/aromatic N) is 2. The van der Waals surface area contributed by atoms with Gasteiger partial charge in [-0.05, 0) is 31.4 Å². The SMILES string of the molecule is CSc1ccc(C(=O)COC(=O)/C=C/c2c(C)nn(C)c2Cl)cc1. The van der Waals surface area contributed by atoms with Crippen LogP contribution >= 0.6 is 23.4 Å². The molecule has 5 nitrogen and oxygen atoms in total. The molecule has 0 unspecified atom stereocenters. The van der Waals surface area contributed by atoms with Crippen LogP contribution in [-0.2, 0) is 16.6 Å². The van der Waals surface area contributed by atoms with Crippen molar-refractivity contribution in [2.45, 2.75) is 11.8 Å². The Morgan fingerprint density at radius 2 is 2.00 bits per heavy atom. The van der Waals surface area contributed by atoms with E-state index in [4.69, 9.17) is 16.3 Å². The van der Waals surface area contributed by atoms with Crippen LogP contribution < -0.4 is 0 Å². The zero-order chi connectivity index (χ0) is 17.7. The van der Waals surface area contributed by atoms with Gasteiger partial charge in [0, 0.05) is 29.1 Å². The van der Waals surface area contributed by atoms with E-state index in [1.807, 2.05) is 18.4 Å². The number of halogens is 1. The highest BCUT2D eigenvalue weighted by molar-refractivity contribution is 7.98. The predicted octanol–water partition coefficient (Wildman–Crippen LogP) is 3.54. The third-order valence-electron chi connectivity index (χ3n) is 3.34.